The third-order valence-electron chi connectivity index (χ3n) is 4.95. The Labute approximate surface area is 162 Å². The van der Waals surface area contributed by atoms with Crippen LogP contribution in [0.15, 0.2) is 42.5 Å². The van der Waals surface area contributed by atoms with Crippen LogP contribution in [0, 0.1) is 11.3 Å². The minimum Gasteiger partial charge on any atom is -0.486 e. The monoisotopic (exact) mass is 377 g/mol. The number of amides is 2. The molecule has 0 aromatic heterocycles. The van der Waals surface area contributed by atoms with Crippen molar-refractivity contribution in [3.63, 3.8) is 0 Å². The van der Waals surface area contributed by atoms with Crippen LogP contribution < -0.4 is 14.4 Å². The van der Waals surface area contributed by atoms with Gasteiger partial charge in [0.2, 0.25) is 5.91 Å². The minimum absolute atomic E-state index is 0.0474. The van der Waals surface area contributed by atoms with E-state index in [9.17, 15) is 14.9 Å². The molecule has 0 aliphatic carbocycles. The molecular formula is C21H19N3O4. The molecule has 142 valence electrons. The van der Waals surface area contributed by atoms with E-state index in [1.165, 1.54) is 0 Å². The number of carbonyl (C=O) groups is 2. The Morgan fingerprint density at radius 1 is 1.14 bits per heavy atom. The van der Waals surface area contributed by atoms with Crippen molar-refractivity contribution in [3.05, 3.63) is 53.6 Å². The summed E-state index contributed by atoms with van der Waals surface area (Å²) in [6, 6.07) is 14.0. The largest absolute Gasteiger partial charge is 0.486 e. The Hall–Kier alpha value is -3.53. The minimum atomic E-state index is -0.231. The molecule has 2 aromatic rings. The molecule has 2 heterocycles. The van der Waals surface area contributed by atoms with Gasteiger partial charge in [-0.25, -0.2) is 0 Å². The zero-order chi connectivity index (χ0) is 19.7. The van der Waals surface area contributed by atoms with Gasteiger partial charge in [-0.15, -0.1) is 0 Å². The van der Waals surface area contributed by atoms with Crippen molar-refractivity contribution in [2.24, 2.45) is 0 Å². The summed E-state index contributed by atoms with van der Waals surface area (Å²) in [6.07, 6.45) is 0. The Morgan fingerprint density at radius 2 is 1.89 bits per heavy atom. The first-order chi connectivity index (χ1) is 13.6. The summed E-state index contributed by atoms with van der Waals surface area (Å²) < 4.78 is 11.0. The zero-order valence-electron chi connectivity index (χ0n) is 15.4. The smallest absolute Gasteiger partial charge is 0.254 e. The fraction of sp³-hybridized carbons (Fsp3) is 0.286. The number of nitrogens with zero attached hydrogens (tertiary/aromatic N) is 3. The Bertz CT molecular complexity index is 982. The second-order valence-electron chi connectivity index (χ2n) is 6.77. The second kappa shape index (κ2) is 7.24. The van der Waals surface area contributed by atoms with Gasteiger partial charge in [-0.2, -0.15) is 5.26 Å². The molecule has 0 N–H and O–H groups in total. The van der Waals surface area contributed by atoms with Gasteiger partial charge in [-0.05, 0) is 37.3 Å². The summed E-state index contributed by atoms with van der Waals surface area (Å²) in [6.45, 7) is 3.10. The van der Waals surface area contributed by atoms with Crippen molar-refractivity contribution in [2.75, 3.05) is 31.2 Å². The van der Waals surface area contributed by atoms with Crippen molar-refractivity contribution in [1.82, 2.24) is 4.90 Å². The fourth-order valence-corrected chi connectivity index (χ4v) is 3.50. The standard InChI is InChI=1S/C21H19N3O4/c1-14-12-24(17-5-3-2-4-16(17)11-22)20(25)13-23(14)21(26)15-6-7-18-19(10-15)28-9-8-27-18/h2-7,10,14H,8-9,12-13H2,1H3/t14-/m0/s1. The van der Waals surface area contributed by atoms with Crippen LogP contribution in [0.3, 0.4) is 0 Å². The molecule has 0 radical (unpaired) electrons. The molecule has 2 aromatic carbocycles. The molecule has 4 rings (SSSR count). The first-order valence-electron chi connectivity index (χ1n) is 9.08. The molecule has 2 aliphatic rings. The van der Waals surface area contributed by atoms with Crippen LogP contribution in [0.5, 0.6) is 11.5 Å². The van der Waals surface area contributed by atoms with Crippen LogP contribution in [0.4, 0.5) is 5.69 Å². The third-order valence-corrected chi connectivity index (χ3v) is 4.95. The predicted molar refractivity (Wildman–Crippen MR) is 101 cm³/mol. The molecule has 0 spiro atoms. The van der Waals surface area contributed by atoms with Crippen molar-refractivity contribution in [1.29, 1.82) is 5.26 Å². The van der Waals surface area contributed by atoms with Gasteiger partial charge < -0.3 is 19.3 Å². The lowest BCUT2D eigenvalue weighted by atomic mass is 10.1. The van der Waals surface area contributed by atoms with Crippen LogP contribution in [0.25, 0.3) is 0 Å². The highest BCUT2D eigenvalue weighted by Gasteiger charge is 2.34. The van der Waals surface area contributed by atoms with E-state index >= 15 is 0 Å². The molecule has 1 saturated heterocycles. The van der Waals surface area contributed by atoms with Crippen LogP contribution in [-0.4, -0.2) is 49.1 Å². The summed E-state index contributed by atoms with van der Waals surface area (Å²) in [7, 11) is 0. The maximum atomic E-state index is 13.0. The molecule has 2 amide bonds. The third kappa shape index (κ3) is 3.14. The van der Waals surface area contributed by atoms with Crippen LogP contribution in [-0.2, 0) is 4.79 Å². The van der Waals surface area contributed by atoms with Gasteiger partial charge in [0.1, 0.15) is 25.8 Å². The van der Waals surface area contributed by atoms with Crippen LogP contribution in [0.2, 0.25) is 0 Å². The maximum absolute atomic E-state index is 13.0. The van der Waals surface area contributed by atoms with E-state index in [2.05, 4.69) is 6.07 Å². The van der Waals surface area contributed by atoms with E-state index in [-0.39, 0.29) is 24.4 Å². The number of benzene rings is 2. The number of hydrogen-bond donors (Lipinski definition) is 0. The lowest BCUT2D eigenvalue weighted by Crippen LogP contribution is -2.57. The molecule has 7 heteroatoms. The van der Waals surface area contributed by atoms with E-state index in [0.717, 1.165) is 0 Å². The Morgan fingerprint density at radius 3 is 2.68 bits per heavy atom. The zero-order valence-corrected chi connectivity index (χ0v) is 15.4. The van der Waals surface area contributed by atoms with E-state index in [1.54, 1.807) is 52.3 Å². The average Bonchev–Trinajstić information content (AvgIpc) is 2.74. The number of para-hydroxylation sites is 1. The highest BCUT2D eigenvalue weighted by Crippen LogP contribution is 2.32. The molecule has 1 atom stereocenters. The number of fused-ring (bicyclic) bond motifs is 1. The van der Waals surface area contributed by atoms with Gasteiger partial charge in [0.25, 0.3) is 5.91 Å². The normalized spacial score (nSPS) is 18.6. The van der Waals surface area contributed by atoms with Gasteiger partial charge in [0.05, 0.1) is 11.3 Å². The number of carbonyl (C=O) groups excluding carboxylic acids is 2. The highest BCUT2D eigenvalue weighted by atomic mass is 16.6. The van der Waals surface area contributed by atoms with Crippen molar-refractivity contribution in [2.45, 2.75) is 13.0 Å². The maximum Gasteiger partial charge on any atom is 0.254 e. The van der Waals surface area contributed by atoms with Gasteiger partial charge >= 0.3 is 0 Å². The van der Waals surface area contributed by atoms with Crippen LogP contribution >= 0.6 is 0 Å². The Balaban J connectivity index is 1.56. The van der Waals surface area contributed by atoms with Gasteiger partial charge in [-0.3, -0.25) is 9.59 Å². The highest BCUT2D eigenvalue weighted by molar-refractivity contribution is 6.02. The molecular weight excluding hydrogens is 358 g/mol. The number of nitriles is 1. The summed E-state index contributed by atoms with van der Waals surface area (Å²) >= 11 is 0. The van der Waals surface area contributed by atoms with E-state index in [4.69, 9.17) is 9.47 Å². The van der Waals surface area contributed by atoms with Gasteiger partial charge in [-0.1, -0.05) is 12.1 Å². The SMILES string of the molecule is C[C@H]1CN(c2ccccc2C#N)C(=O)CN1C(=O)c1ccc2c(c1)OCCO2. The summed E-state index contributed by atoms with van der Waals surface area (Å²) in [4.78, 5) is 28.9. The number of rotatable bonds is 2. The number of anilines is 1. The molecule has 2 aliphatic heterocycles. The molecule has 7 nitrogen and oxygen atoms in total. The van der Waals surface area contributed by atoms with Gasteiger partial charge in [0.15, 0.2) is 11.5 Å². The van der Waals surface area contributed by atoms with Gasteiger partial charge in [0, 0.05) is 18.2 Å². The summed E-state index contributed by atoms with van der Waals surface area (Å²) in [5.41, 5.74) is 1.47. The van der Waals surface area contributed by atoms with Crippen molar-refractivity contribution < 1.29 is 19.1 Å². The fourth-order valence-electron chi connectivity index (χ4n) is 3.50. The lowest BCUT2D eigenvalue weighted by molar-refractivity contribution is -0.121. The van der Waals surface area contributed by atoms with Crippen LogP contribution in [0.1, 0.15) is 22.8 Å². The molecule has 1 fully saturated rings. The van der Waals surface area contributed by atoms with Crippen molar-refractivity contribution >= 4 is 17.5 Å². The van der Waals surface area contributed by atoms with E-state index < -0.39 is 0 Å². The van der Waals surface area contributed by atoms with Crippen molar-refractivity contribution in [3.8, 4) is 17.6 Å². The molecule has 0 unspecified atom stereocenters. The quantitative estimate of drug-likeness (QED) is 0.801. The average molecular weight is 377 g/mol. The molecule has 0 bridgehead atoms. The molecule has 0 saturated carbocycles. The summed E-state index contributed by atoms with van der Waals surface area (Å²) in [5.74, 6) is 0.709. The first-order valence-corrected chi connectivity index (χ1v) is 9.08. The topological polar surface area (TPSA) is 82.9 Å². The summed E-state index contributed by atoms with van der Waals surface area (Å²) in [5, 5.41) is 9.31. The van der Waals surface area contributed by atoms with E-state index in [1.807, 2.05) is 6.92 Å². The molecule has 28 heavy (non-hydrogen) atoms. The Kier molecular flexibility index (Phi) is 4.62. The number of piperazine rings is 1. The lowest BCUT2D eigenvalue weighted by Gasteiger charge is -2.39. The van der Waals surface area contributed by atoms with E-state index in [0.29, 0.717) is 48.1 Å². The number of ether oxygens (including phenoxy) is 2. The first kappa shape index (κ1) is 17.9. The predicted octanol–water partition coefficient (Wildman–Crippen LogP) is 2.21. The second-order valence-corrected chi connectivity index (χ2v) is 6.77. The number of hydrogen-bond acceptors (Lipinski definition) is 5.